The van der Waals surface area contributed by atoms with Crippen LogP contribution in [0.3, 0.4) is 0 Å². The van der Waals surface area contributed by atoms with Crippen molar-refractivity contribution in [3.8, 4) is 33.4 Å². The third-order valence-electron chi connectivity index (χ3n) is 13.1. The smallest absolute Gasteiger partial charge is 0.135 e. The molecule has 1 heterocycles. The van der Waals surface area contributed by atoms with Crippen molar-refractivity contribution >= 4 is 318 Å². The summed E-state index contributed by atoms with van der Waals surface area (Å²) >= 11 is 0. The molecule has 0 unspecified atom stereocenters. The topological polar surface area (TPSA) is 13.1 Å². The SMILES string of the molecule is [B]c1cc2c(-c3ccc4oc5ccccc5c4c3)c3cc([B])c([B])c([B])c3c(-c3c([B])c([B])c4c([B])c(-c5c([B])c([B])c([B])c6c([B])c([B])c([B])c([B])c56)c([B])c([B])c4c3[B])c2c([B])c1[B]. The van der Waals surface area contributed by atoms with Crippen molar-refractivity contribution < 1.29 is 4.42 Å². The van der Waals surface area contributed by atoms with E-state index < -0.39 is 0 Å². The normalized spacial score (nSPS) is 11.9. The van der Waals surface area contributed by atoms with Gasteiger partial charge in [0.1, 0.15) is 160 Å². The second-order valence-electron chi connectivity index (χ2n) is 16.5. The van der Waals surface area contributed by atoms with E-state index in [0.29, 0.717) is 38.3 Å². The molecule has 10 rings (SSSR count). The minimum absolute atomic E-state index is 0.00461. The van der Waals surface area contributed by atoms with Crippen LogP contribution in [0.5, 0.6) is 0 Å². The Kier molecular flexibility index (Phi) is 10.6. The monoisotopic (exact) mass is 786 g/mol. The van der Waals surface area contributed by atoms with Crippen LogP contribution in [0.25, 0.3) is 98.4 Å². The summed E-state index contributed by atoms with van der Waals surface area (Å²) < 4.78 is 6.17. The van der Waals surface area contributed by atoms with Gasteiger partial charge in [-0.15, -0.1) is 38.2 Å². The van der Waals surface area contributed by atoms with E-state index in [9.17, 15) is 0 Å². The number of hydrogen-bond donors (Lipinski definition) is 0. The van der Waals surface area contributed by atoms with Gasteiger partial charge in [0, 0.05) is 10.8 Å². The Morgan fingerprint density at radius 3 is 1.17 bits per heavy atom. The fraction of sp³-hybridized carbons (Fsp3) is 0. The van der Waals surface area contributed by atoms with Crippen LogP contribution in [0.15, 0.2) is 59.0 Å². The Morgan fingerprint density at radius 2 is 0.636 bits per heavy atom. The fourth-order valence-corrected chi connectivity index (χ4v) is 9.75. The molecule has 0 aliphatic carbocycles. The van der Waals surface area contributed by atoms with Gasteiger partial charge >= 0.3 is 0 Å². The summed E-state index contributed by atoms with van der Waals surface area (Å²) in [5.41, 5.74) is 3.35. The number of fused-ring (bicyclic) bond motifs is 7. The zero-order valence-electron chi connectivity index (χ0n) is 35.1. The van der Waals surface area contributed by atoms with E-state index in [1.807, 2.05) is 42.5 Å². The first-order chi connectivity index (χ1) is 31.2. The van der Waals surface area contributed by atoms with Gasteiger partial charge in [-0.1, -0.05) is 102 Å². The van der Waals surface area contributed by atoms with Gasteiger partial charge in [0.2, 0.25) is 0 Å². The van der Waals surface area contributed by atoms with Crippen molar-refractivity contribution in [3.05, 3.63) is 54.6 Å². The van der Waals surface area contributed by atoms with Crippen LogP contribution in [0.1, 0.15) is 0 Å². The average Bonchev–Trinajstić information content (AvgIpc) is 3.66. The quantitative estimate of drug-likeness (QED) is 0.129. The first-order valence-corrected chi connectivity index (χ1v) is 20.1. The van der Waals surface area contributed by atoms with E-state index in [0.717, 1.165) is 16.3 Å². The van der Waals surface area contributed by atoms with Crippen molar-refractivity contribution in [1.82, 2.24) is 0 Å². The van der Waals surface area contributed by atoms with E-state index in [2.05, 4.69) is 0 Å². The minimum Gasteiger partial charge on any atom is -0.456 e. The van der Waals surface area contributed by atoms with E-state index >= 15 is 0 Å². The number of furan rings is 1. The lowest BCUT2D eigenvalue weighted by Crippen LogP contribution is -2.53. The van der Waals surface area contributed by atoms with Crippen LogP contribution < -0.4 is 104 Å². The number of para-hydroxylation sites is 1. The Labute approximate surface area is 407 Å². The van der Waals surface area contributed by atoms with E-state index in [1.165, 1.54) is 0 Å². The van der Waals surface area contributed by atoms with Crippen molar-refractivity contribution in [2.45, 2.75) is 0 Å². The second kappa shape index (κ2) is 15.5. The lowest BCUT2D eigenvalue weighted by atomic mass is 9.56. The summed E-state index contributed by atoms with van der Waals surface area (Å²) in [6, 6.07) is 16.9. The second-order valence-corrected chi connectivity index (χ2v) is 16.5. The van der Waals surface area contributed by atoms with E-state index in [4.69, 9.17) is 153 Å². The third kappa shape index (κ3) is 5.94. The van der Waals surface area contributed by atoms with Crippen LogP contribution in [0, 0.1) is 0 Å². The molecule has 0 N–H and O–H groups in total. The van der Waals surface area contributed by atoms with Crippen LogP contribution in [-0.4, -0.2) is 149 Å². The lowest BCUT2D eigenvalue weighted by Gasteiger charge is -2.31. The Morgan fingerprint density at radius 1 is 0.242 bits per heavy atom. The van der Waals surface area contributed by atoms with E-state index in [-0.39, 0.29) is 148 Å². The average molecular weight is 783 g/mol. The summed E-state index contributed by atoms with van der Waals surface area (Å²) in [5, 5.41) is 4.04. The molecular weight excluding hydrogens is 774 g/mol. The maximum Gasteiger partial charge on any atom is 0.135 e. The zero-order chi connectivity index (χ0) is 47.4. The highest BCUT2D eigenvalue weighted by molar-refractivity contribution is 6.75. The summed E-state index contributed by atoms with van der Waals surface area (Å²) in [6.07, 6.45) is 0. The third-order valence-corrected chi connectivity index (χ3v) is 13.1. The molecule has 256 valence electrons. The summed E-state index contributed by atoms with van der Waals surface area (Å²) in [5.74, 6) is 0. The largest absolute Gasteiger partial charge is 0.456 e. The molecule has 1 aromatic heterocycles. The molecule has 0 bridgehead atoms. The van der Waals surface area contributed by atoms with Gasteiger partial charge in [-0.2, -0.15) is 0 Å². The fourth-order valence-electron chi connectivity index (χ4n) is 9.75. The zero-order valence-corrected chi connectivity index (χ0v) is 35.1. The molecule has 9 aromatic carbocycles. The van der Waals surface area contributed by atoms with Gasteiger partial charge in [0.15, 0.2) is 0 Å². The predicted molar refractivity (Wildman–Crippen MR) is 302 cm³/mol. The molecule has 0 saturated carbocycles. The highest BCUT2D eigenvalue weighted by Crippen LogP contribution is 2.43. The highest BCUT2D eigenvalue weighted by atomic mass is 16.3. The van der Waals surface area contributed by atoms with Gasteiger partial charge in [-0.05, 0) is 94.7 Å². The van der Waals surface area contributed by atoms with Crippen molar-refractivity contribution in [2.75, 3.05) is 0 Å². The Balaban J connectivity index is 1.38. The molecule has 10 aromatic rings. The summed E-state index contributed by atoms with van der Waals surface area (Å²) in [6.45, 7) is 0. The van der Waals surface area contributed by atoms with Gasteiger partial charge < -0.3 is 4.42 Å². The first kappa shape index (κ1) is 44.9. The molecule has 0 fully saturated rings. The van der Waals surface area contributed by atoms with Crippen LogP contribution >= 0.6 is 0 Å². The molecule has 0 aliphatic rings. The number of benzene rings is 9. The van der Waals surface area contributed by atoms with Crippen molar-refractivity contribution in [1.29, 1.82) is 0 Å². The Hall–Kier alpha value is -4.95. The van der Waals surface area contributed by atoms with Gasteiger partial charge in [0.05, 0.1) is 0 Å². The summed E-state index contributed by atoms with van der Waals surface area (Å²) in [4.78, 5) is 0. The van der Waals surface area contributed by atoms with Crippen LogP contribution in [0.2, 0.25) is 0 Å². The predicted octanol–water partition coefficient (Wildman–Crippen LogP) is -9.72. The van der Waals surface area contributed by atoms with Crippen LogP contribution in [0.4, 0.5) is 0 Å². The molecule has 20 heteroatoms. The van der Waals surface area contributed by atoms with Crippen LogP contribution in [-0.2, 0) is 0 Å². The molecule has 0 aliphatic heterocycles. The molecule has 1 nitrogen and oxygen atoms in total. The number of hydrogen-bond acceptors (Lipinski definition) is 1. The van der Waals surface area contributed by atoms with E-state index in [1.54, 1.807) is 12.1 Å². The maximum absolute atomic E-state index is 7.30. The highest BCUT2D eigenvalue weighted by Gasteiger charge is 2.28. The van der Waals surface area contributed by atoms with Gasteiger partial charge in [0.25, 0.3) is 0 Å². The van der Waals surface area contributed by atoms with Gasteiger partial charge in [-0.25, -0.2) is 0 Å². The minimum atomic E-state index is -0.104. The Bertz CT molecular complexity index is 3850. The van der Waals surface area contributed by atoms with Crippen molar-refractivity contribution in [2.24, 2.45) is 0 Å². The van der Waals surface area contributed by atoms with Crippen molar-refractivity contribution in [3.63, 3.8) is 0 Å². The summed E-state index contributed by atoms with van der Waals surface area (Å²) in [7, 11) is 129. The van der Waals surface area contributed by atoms with Gasteiger partial charge in [-0.3, -0.25) is 0 Å². The molecule has 0 saturated heterocycles. The molecule has 0 amide bonds. The molecule has 0 atom stereocenters. The molecule has 0 spiro atoms. The molecular formula is C46H9B19O. The standard InChI is InChI=1S/C46H9B19O/c47-15-8-13-19(10-5-6-18-12(7-10)11-3-1-2-4-17(11)66-18)14-9-16(48)31(50)35(54)21(14)22(20(13)34(53)30(15)49)25-32(51)28-29(40(59)38(25)57)33(52)26(39(58)41(28)60)23-24-27(42(61)44(63)36(23)55)43(62)46(65)45(64)37(24)56/h1-9H. The first-order valence-electron chi connectivity index (χ1n) is 20.1. The molecule has 66 heavy (non-hydrogen) atoms. The number of rotatable bonds is 3. The molecule has 38 radical (unpaired) electrons. The lowest BCUT2D eigenvalue weighted by molar-refractivity contribution is 0.669. The maximum atomic E-state index is 7.30.